The summed E-state index contributed by atoms with van der Waals surface area (Å²) in [6, 6.07) is 7.64. The number of aromatic nitrogens is 1. The van der Waals surface area contributed by atoms with Crippen LogP contribution >= 0.6 is 0 Å². The first-order valence-electron chi connectivity index (χ1n) is 7.20. The molecule has 3 N–H and O–H groups in total. The Hall–Kier alpha value is -1.81. The fraction of sp³-hybridized carbons (Fsp3) is 0.438. The van der Waals surface area contributed by atoms with Crippen molar-refractivity contribution < 1.29 is 4.79 Å². The van der Waals surface area contributed by atoms with Crippen LogP contribution in [-0.2, 0) is 11.2 Å². The molecule has 4 nitrogen and oxygen atoms in total. The number of rotatable bonds is 5. The molecule has 1 aliphatic rings. The number of hydrogen-bond acceptors (Lipinski definition) is 2. The van der Waals surface area contributed by atoms with E-state index in [0.29, 0.717) is 12.3 Å². The number of carbonyl (C=O) groups excluding carboxylic acids is 1. The summed E-state index contributed by atoms with van der Waals surface area (Å²) >= 11 is 0. The van der Waals surface area contributed by atoms with Gasteiger partial charge in [0.2, 0.25) is 5.91 Å². The average Bonchev–Trinajstić information content (AvgIpc) is 3.18. The first-order chi connectivity index (χ1) is 9.65. The van der Waals surface area contributed by atoms with Crippen LogP contribution in [0.2, 0.25) is 0 Å². The molecule has 106 valence electrons. The van der Waals surface area contributed by atoms with Crippen LogP contribution in [0, 0.1) is 5.92 Å². The Balaban J connectivity index is 1.68. The van der Waals surface area contributed by atoms with Crippen molar-refractivity contribution in [3.63, 3.8) is 0 Å². The Morgan fingerprint density at radius 2 is 2.20 bits per heavy atom. The summed E-state index contributed by atoms with van der Waals surface area (Å²) in [6.07, 6.45) is 5.03. The predicted octanol–water partition coefficient (Wildman–Crippen LogP) is 1.91. The molecule has 2 aromatic rings. The highest BCUT2D eigenvalue weighted by Gasteiger charge is 2.27. The minimum Gasteiger partial charge on any atom is -0.361 e. The van der Waals surface area contributed by atoms with Gasteiger partial charge in [-0.3, -0.25) is 4.79 Å². The van der Waals surface area contributed by atoms with Crippen LogP contribution in [0.4, 0.5) is 0 Å². The molecule has 4 heteroatoms. The second-order valence-electron chi connectivity index (χ2n) is 5.83. The van der Waals surface area contributed by atoms with E-state index in [1.54, 1.807) is 4.90 Å². The highest BCUT2D eigenvalue weighted by atomic mass is 16.2. The highest BCUT2D eigenvalue weighted by molar-refractivity contribution is 5.86. The van der Waals surface area contributed by atoms with Gasteiger partial charge in [-0.1, -0.05) is 18.2 Å². The molecule has 1 aliphatic carbocycles. The molecule has 0 saturated heterocycles. The maximum Gasteiger partial charge on any atom is 0.239 e. The van der Waals surface area contributed by atoms with E-state index in [2.05, 4.69) is 11.1 Å². The second-order valence-corrected chi connectivity index (χ2v) is 5.83. The number of fused-ring (bicyclic) bond motifs is 1. The van der Waals surface area contributed by atoms with E-state index < -0.39 is 6.04 Å². The number of carbonyl (C=O) groups is 1. The number of amides is 1. The topological polar surface area (TPSA) is 62.1 Å². The molecule has 0 unspecified atom stereocenters. The number of nitrogens with one attached hydrogen (secondary N) is 1. The molecule has 0 spiro atoms. The van der Waals surface area contributed by atoms with Crippen molar-refractivity contribution in [2.45, 2.75) is 25.3 Å². The van der Waals surface area contributed by atoms with Gasteiger partial charge in [-0.2, -0.15) is 0 Å². The van der Waals surface area contributed by atoms with Gasteiger partial charge >= 0.3 is 0 Å². The lowest BCUT2D eigenvalue weighted by atomic mass is 10.0. The van der Waals surface area contributed by atoms with Crippen molar-refractivity contribution in [1.82, 2.24) is 9.88 Å². The Morgan fingerprint density at radius 1 is 1.45 bits per heavy atom. The van der Waals surface area contributed by atoms with Gasteiger partial charge in [0.15, 0.2) is 0 Å². The number of likely N-dealkylation sites (N-methyl/N-ethyl adjacent to an activating group) is 1. The molecule has 1 amide bonds. The van der Waals surface area contributed by atoms with E-state index in [1.807, 2.05) is 31.4 Å². The lowest BCUT2D eigenvalue weighted by molar-refractivity contribution is -0.131. The third-order valence-electron chi connectivity index (χ3n) is 4.04. The van der Waals surface area contributed by atoms with Crippen LogP contribution in [0.15, 0.2) is 30.5 Å². The highest BCUT2D eigenvalue weighted by Crippen LogP contribution is 2.29. The number of nitrogens with zero attached hydrogens (tertiary/aromatic N) is 1. The van der Waals surface area contributed by atoms with Gasteiger partial charge in [0.05, 0.1) is 6.04 Å². The summed E-state index contributed by atoms with van der Waals surface area (Å²) < 4.78 is 0. The van der Waals surface area contributed by atoms with Gasteiger partial charge in [-0.25, -0.2) is 0 Å². The van der Waals surface area contributed by atoms with Crippen LogP contribution in [0.25, 0.3) is 10.9 Å². The normalized spacial score (nSPS) is 16.3. The second kappa shape index (κ2) is 5.29. The lowest BCUT2D eigenvalue weighted by Gasteiger charge is -2.21. The van der Waals surface area contributed by atoms with Crippen LogP contribution in [0.5, 0.6) is 0 Å². The van der Waals surface area contributed by atoms with Crippen molar-refractivity contribution in [3.05, 3.63) is 36.0 Å². The first kappa shape index (κ1) is 13.2. The number of aromatic amines is 1. The maximum absolute atomic E-state index is 12.3. The summed E-state index contributed by atoms with van der Waals surface area (Å²) in [6.45, 7) is 0.848. The Morgan fingerprint density at radius 3 is 2.95 bits per heavy atom. The number of H-pyrrole nitrogens is 1. The Bertz CT molecular complexity index is 615. The van der Waals surface area contributed by atoms with E-state index in [1.165, 1.54) is 12.8 Å². The molecule has 0 radical (unpaired) electrons. The van der Waals surface area contributed by atoms with Gasteiger partial charge in [0.1, 0.15) is 0 Å². The number of para-hydroxylation sites is 1. The first-order valence-corrected chi connectivity index (χ1v) is 7.20. The van der Waals surface area contributed by atoms with Gasteiger partial charge in [0.25, 0.3) is 0 Å². The molecule has 20 heavy (non-hydrogen) atoms. The summed E-state index contributed by atoms with van der Waals surface area (Å²) in [5, 5.41) is 1.15. The molecule has 1 saturated carbocycles. The molecule has 1 atom stereocenters. The Kier molecular flexibility index (Phi) is 3.49. The third kappa shape index (κ3) is 2.70. The molecular formula is C16H21N3O. The van der Waals surface area contributed by atoms with Crippen molar-refractivity contribution in [1.29, 1.82) is 0 Å². The number of benzene rings is 1. The van der Waals surface area contributed by atoms with E-state index in [4.69, 9.17) is 5.73 Å². The van der Waals surface area contributed by atoms with Crippen LogP contribution in [0.1, 0.15) is 18.4 Å². The molecular weight excluding hydrogens is 250 g/mol. The number of nitrogens with two attached hydrogens (primary N) is 1. The minimum absolute atomic E-state index is 0.0437. The molecule has 0 bridgehead atoms. The molecule has 1 heterocycles. The molecule has 1 aromatic carbocycles. The lowest BCUT2D eigenvalue weighted by Crippen LogP contribution is -2.43. The average molecular weight is 271 g/mol. The summed E-state index contributed by atoms with van der Waals surface area (Å²) in [4.78, 5) is 17.3. The van der Waals surface area contributed by atoms with Crippen LogP contribution < -0.4 is 5.73 Å². The third-order valence-corrected chi connectivity index (χ3v) is 4.04. The fourth-order valence-corrected chi connectivity index (χ4v) is 2.69. The smallest absolute Gasteiger partial charge is 0.239 e. The zero-order valence-electron chi connectivity index (χ0n) is 11.8. The quantitative estimate of drug-likeness (QED) is 0.872. The van der Waals surface area contributed by atoms with Crippen molar-refractivity contribution in [2.24, 2.45) is 11.7 Å². The maximum atomic E-state index is 12.3. The van der Waals surface area contributed by atoms with Crippen LogP contribution in [0.3, 0.4) is 0 Å². The minimum atomic E-state index is -0.460. The monoisotopic (exact) mass is 271 g/mol. The zero-order chi connectivity index (χ0) is 14.1. The van der Waals surface area contributed by atoms with E-state index in [9.17, 15) is 4.79 Å². The molecule has 1 fully saturated rings. The van der Waals surface area contributed by atoms with Gasteiger partial charge in [0, 0.05) is 30.7 Å². The summed E-state index contributed by atoms with van der Waals surface area (Å²) in [7, 11) is 1.86. The van der Waals surface area contributed by atoms with Gasteiger partial charge in [-0.05, 0) is 36.8 Å². The largest absolute Gasteiger partial charge is 0.361 e. The van der Waals surface area contributed by atoms with Gasteiger partial charge < -0.3 is 15.6 Å². The SMILES string of the molecule is CN(CC1CC1)C(=O)[C@@H](N)Cc1c[nH]c2ccccc12. The summed E-state index contributed by atoms with van der Waals surface area (Å²) in [5.74, 6) is 0.742. The van der Waals surface area contributed by atoms with E-state index >= 15 is 0 Å². The van der Waals surface area contributed by atoms with E-state index in [0.717, 1.165) is 23.0 Å². The number of hydrogen-bond donors (Lipinski definition) is 2. The van der Waals surface area contributed by atoms with Crippen molar-refractivity contribution in [3.8, 4) is 0 Å². The van der Waals surface area contributed by atoms with Crippen molar-refractivity contribution >= 4 is 16.8 Å². The molecule has 0 aliphatic heterocycles. The fourth-order valence-electron chi connectivity index (χ4n) is 2.69. The van der Waals surface area contributed by atoms with Crippen molar-refractivity contribution in [2.75, 3.05) is 13.6 Å². The van der Waals surface area contributed by atoms with Crippen LogP contribution in [-0.4, -0.2) is 35.4 Å². The van der Waals surface area contributed by atoms with E-state index in [-0.39, 0.29) is 5.91 Å². The van der Waals surface area contributed by atoms with Gasteiger partial charge in [-0.15, -0.1) is 0 Å². The molecule has 3 rings (SSSR count). The predicted molar refractivity (Wildman–Crippen MR) is 80.3 cm³/mol. The standard InChI is InChI=1S/C16H21N3O/c1-19(10-11-6-7-11)16(20)14(17)8-12-9-18-15-5-3-2-4-13(12)15/h2-5,9,11,14,18H,6-8,10,17H2,1H3/t14-/m0/s1. The Labute approximate surface area is 118 Å². The summed E-state index contributed by atoms with van der Waals surface area (Å²) in [5.41, 5.74) is 8.29. The zero-order valence-corrected chi connectivity index (χ0v) is 11.8. The molecule has 1 aromatic heterocycles.